The molecule has 0 aliphatic rings. The van der Waals surface area contributed by atoms with Gasteiger partial charge in [0.05, 0.1) is 12.1 Å². The van der Waals surface area contributed by atoms with Crippen molar-refractivity contribution in [1.29, 1.82) is 0 Å². The van der Waals surface area contributed by atoms with Crippen molar-refractivity contribution in [3.05, 3.63) is 57.0 Å². The molecule has 0 bridgehead atoms. The van der Waals surface area contributed by atoms with Gasteiger partial charge in [-0.25, -0.2) is 4.68 Å². The van der Waals surface area contributed by atoms with Gasteiger partial charge in [-0.2, -0.15) is 13.2 Å². The van der Waals surface area contributed by atoms with Gasteiger partial charge in [-0.05, 0) is 30.5 Å². The average molecular weight is 284 g/mol. The summed E-state index contributed by atoms with van der Waals surface area (Å²) >= 11 is 0. The fourth-order valence-electron chi connectivity index (χ4n) is 2.04. The molecule has 0 amide bonds. The maximum atomic E-state index is 12.8. The van der Waals surface area contributed by atoms with Gasteiger partial charge in [-0.1, -0.05) is 19.1 Å². The third-order valence-electron chi connectivity index (χ3n) is 3.17. The summed E-state index contributed by atoms with van der Waals surface area (Å²) in [6.45, 7) is 3.41. The summed E-state index contributed by atoms with van der Waals surface area (Å²) in [5.74, 6) is 0. The quantitative estimate of drug-likeness (QED) is 0.924. The van der Waals surface area contributed by atoms with Crippen molar-refractivity contribution in [2.75, 3.05) is 0 Å². The summed E-state index contributed by atoms with van der Waals surface area (Å²) in [4.78, 5) is 11.7. The van der Waals surface area contributed by atoms with E-state index in [9.17, 15) is 18.0 Å². The van der Waals surface area contributed by atoms with E-state index < -0.39 is 11.7 Å². The molecule has 2 rings (SSSR count). The number of hydrogen-bond donors (Lipinski definition) is 1. The lowest BCUT2D eigenvalue weighted by atomic mass is 10.0. The molecule has 0 aliphatic heterocycles. The number of alkyl halides is 3. The molecule has 6 heteroatoms. The molecule has 0 saturated carbocycles. The van der Waals surface area contributed by atoms with Crippen LogP contribution in [0.4, 0.5) is 13.2 Å². The number of benzene rings is 1. The minimum atomic E-state index is -4.38. The zero-order chi connectivity index (χ0) is 14.9. The van der Waals surface area contributed by atoms with Crippen LogP contribution in [0.15, 0.2) is 29.1 Å². The first-order valence-corrected chi connectivity index (χ1v) is 6.26. The van der Waals surface area contributed by atoms with E-state index in [1.165, 1.54) is 23.7 Å². The predicted molar refractivity (Wildman–Crippen MR) is 69.7 cm³/mol. The smallest absolute Gasteiger partial charge is 0.299 e. The van der Waals surface area contributed by atoms with Crippen LogP contribution in [-0.2, 0) is 19.1 Å². The first-order chi connectivity index (χ1) is 9.31. The third-order valence-corrected chi connectivity index (χ3v) is 3.17. The highest BCUT2D eigenvalue weighted by Gasteiger charge is 2.32. The molecule has 0 radical (unpaired) electrons. The molecular weight excluding hydrogens is 269 g/mol. The number of H-pyrrole nitrogens is 1. The maximum Gasteiger partial charge on any atom is 0.416 e. The Hall–Kier alpha value is -1.98. The van der Waals surface area contributed by atoms with Crippen LogP contribution in [0.2, 0.25) is 0 Å². The summed E-state index contributed by atoms with van der Waals surface area (Å²) in [5.41, 5.74) is 0.475. The molecule has 1 N–H and O–H groups in total. The number of nitrogens with zero attached hydrogens (tertiary/aromatic N) is 1. The highest BCUT2D eigenvalue weighted by atomic mass is 19.4. The van der Waals surface area contributed by atoms with Crippen LogP contribution in [0.25, 0.3) is 0 Å². The lowest BCUT2D eigenvalue weighted by Gasteiger charge is -2.12. The number of halogens is 3. The Bertz CT molecular complexity index is 668. The molecule has 108 valence electrons. The SMILES string of the molecule is CCc1cc(=O)n(Cc2ccc(C)c(C(F)(F)F)c2)[nH]1. The molecule has 1 heterocycles. The molecule has 1 aromatic carbocycles. The Morgan fingerprint density at radius 2 is 1.95 bits per heavy atom. The Kier molecular flexibility index (Phi) is 3.74. The van der Waals surface area contributed by atoms with Crippen molar-refractivity contribution >= 4 is 0 Å². The van der Waals surface area contributed by atoms with E-state index in [0.29, 0.717) is 12.0 Å². The summed E-state index contributed by atoms with van der Waals surface area (Å²) < 4.78 is 39.8. The summed E-state index contributed by atoms with van der Waals surface area (Å²) in [6, 6.07) is 5.57. The number of aromatic amines is 1. The molecule has 0 atom stereocenters. The molecule has 0 saturated heterocycles. The molecule has 3 nitrogen and oxygen atoms in total. The van der Waals surface area contributed by atoms with Crippen LogP contribution < -0.4 is 5.56 Å². The van der Waals surface area contributed by atoms with Crippen LogP contribution in [0.1, 0.15) is 29.3 Å². The number of aryl methyl sites for hydroxylation is 2. The van der Waals surface area contributed by atoms with Crippen LogP contribution in [0.5, 0.6) is 0 Å². The Balaban J connectivity index is 2.35. The predicted octanol–water partition coefficient (Wildman–Crippen LogP) is 3.11. The van der Waals surface area contributed by atoms with Crippen LogP contribution in [-0.4, -0.2) is 9.78 Å². The minimum Gasteiger partial charge on any atom is -0.299 e. The standard InChI is InChI=1S/C14H15F3N2O/c1-3-11-7-13(20)19(18-11)8-10-5-4-9(2)12(6-10)14(15,16)17/h4-7,18H,3,8H2,1-2H3. The normalized spacial score (nSPS) is 11.8. The largest absolute Gasteiger partial charge is 0.416 e. The second kappa shape index (κ2) is 5.19. The maximum absolute atomic E-state index is 12.8. The summed E-state index contributed by atoms with van der Waals surface area (Å²) in [7, 11) is 0. The molecular formula is C14H15F3N2O. The Morgan fingerprint density at radius 3 is 2.50 bits per heavy atom. The number of rotatable bonds is 3. The zero-order valence-electron chi connectivity index (χ0n) is 11.2. The molecule has 0 spiro atoms. The minimum absolute atomic E-state index is 0.0994. The number of hydrogen-bond acceptors (Lipinski definition) is 1. The van der Waals surface area contributed by atoms with E-state index in [4.69, 9.17) is 0 Å². The first kappa shape index (κ1) is 14.4. The monoisotopic (exact) mass is 284 g/mol. The van der Waals surface area contributed by atoms with Gasteiger partial charge in [0.25, 0.3) is 5.56 Å². The zero-order valence-corrected chi connectivity index (χ0v) is 11.2. The van der Waals surface area contributed by atoms with E-state index in [2.05, 4.69) is 5.10 Å². The van der Waals surface area contributed by atoms with E-state index in [0.717, 1.165) is 11.8 Å². The first-order valence-electron chi connectivity index (χ1n) is 6.26. The van der Waals surface area contributed by atoms with Gasteiger partial charge in [-0.15, -0.1) is 0 Å². The number of nitrogens with one attached hydrogen (secondary N) is 1. The fourth-order valence-corrected chi connectivity index (χ4v) is 2.04. The second-order valence-corrected chi connectivity index (χ2v) is 4.71. The van der Waals surface area contributed by atoms with Crippen LogP contribution >= 0.6 is 0 Å². The molecule has 0 fully saturated rings. The second-order valence-electron chi connectivity index (χ2n) is 4.71. The summed E-state index contributed by atoms with van der Waals surface area (Å²) in [5, 5.41) is 2.88. The van der Waals surface area contributed by atoms with Crippen molar-refractivity contribution in [2.45, 2.75) is 33.0 Å². The highest BCUT2D eigenvalue weighted by Crippen LogP contribution is 2.32. The van der Waals surface area contributed by atoms with Crippen molar-refractivity contribution in [2.24, 2.45) is 0 Å². The molecule has 2 aromatic rings. The molecule has 0 unspecified atom stereocenters. The Morgan fingerprint density at radius 1 is 1.25 bits per heavy atom. The van der Waals surface area contributed by atoms with E-state index in [1.54, 1.807) is 6.07 Å². The summed E-state index contributed by atoms with van der Waals surface area (Å²) in [6.07, 6.45) is -3.71. The third kappa shape index (κ3) is 2.95. The van der Waals surface area contributed by atoms with Gasteiger partial charge in [0, 0.05) is 11.8 Å². The van der Waals surface area contributed by atoms with Crippen LogP contribution in [0.3, 0.4) is 0 Å². The van der Waals surface area contributed by atoms with Gasteiger partial charge in [0.2, 0.25) is 0 Å². The van der Waals surface area contributed by atoms with Gasteiger partial charge in [0.15, 0.2) is 0 Å². The average Bonchev–Trinajstić information content (AvgIpc) is 2.71. The van der Waals surface area contributed by atoms with Crippen LogP contribution in [0, 0.1) is 6.92 Å². The van der Waals surface area contributed by atoms with Crippen molar-refractivity contribution in [1.82, 2.24) is 9.78 Å². The van der Waals surface area contributed by atoms with Crippen molar-refractivity contribution in [3.8, 4) is 0 Å². The lowest BCUT2D eigenvalue weighted by molar-refractivity contribution is -0.138. The van der Waals surface area contributed by atoms with E-state index >= 15 is 0 Å². The topological polar surface area (TPSA) is 37.8 Å². The molecule has 20 heavy (non-hydrogen) atoms. The van der Waals surface area contributed by atoms with Crippen molar-refractivity contribution in [3.63, 3.8) is 0 Å². The number of aromatic nitrogens is 2. The highest BCUT2D eigenvalue weighted by molar-refractivity contribution is 5.33. The van der Waals surface area contributed by atoms with Gasteiger partial charge < -0.3 is 0 Å². The van der Waals surface area contributed by atoms with Crippen molar-refractivity contribution < 1.29 is 13.2 Å². The van der Waals surface area contributed by atoms with E-state index in [-0.39, 0.29) is 17.7 Å². The Labute approximate surface area is 114 Å². The lowest BCUT2D eigenvalue weighted by Crippen LogP contribution is -2.17. The molecule has 1 aromatic heterocycles. The van der Waals surface area contributed by atoms with Gasteiger partial charge in [0.1, 0.15) is 0 Å². The van der Waals surface area contributed by atoms with Gasteiger partial charge >= 0.3 is 6.18 Å². The van der Waals surface area contributed by atoms with Gasteiger partial charge in [-0.3, -0.25) is 9.89 Å². The molecule has 0 aliphatic carbocycles. The van der Waals surface area contributed by atoms with E-state index in [1.807, 2.05) is 6.92 Å². The fraction of sp³-hybridized carbons (Fsp3) is 0.357.